The van der Waals surface area contributed by atoms with E-state index in [4.69, 9.17) is 0 Å². The Morgan fingerprint density at radius 1 is 0.769 bits per heavy atom. The lowest BCUT2D eigenvalue weighted by Crippen LogP contribution is -2.48. The SMILES string of the molecule is O=C(c1cccc(F)c1)N1CCN(c2ccc(N3CCCC3)cc2)CC1. The van der Waals surface area contributed by atoms with Crippen molar-refractivity contribution in [2.75, 3.05) is 49.1 Å². The third kappa shape index (κ3) is 3.52. The molecule has 4 rings (SSSR count). The predicted octanol–water partition coefficient (Wildman–Crippen LogP) is 3.39. The van der Waals surface area contributed by atoms with Gasteiger partial charge < -0.3 is 14.7 Å². The summed E-state index contributed by atoms with van der Waals surface area (Å²) in [4.78, 5) is 19.1. The number of hydrogen-bond donors (Lipinski definition) is 0. The molecule has 2 heterocycles. The maximum Gasteiger partial charge on any atom is 0.254 e. The Morgan fingerprint density at radius 2 is 1.35 bits per heavy atom. The molecule has 0 spiro atoms. The molecule has 26 heavy (non-hydrogen) atoms. The zero-order chi connectivity index (χ0) is 17.9. The molecule has 4 nitrogen and oxygen atoms in total. The van der Waals surface area contributed by atoms with Crippen molar-refractivity contribution < 1.29 is 9.18 Å². The summed E-state index contributed by atoms with van der Waals surface area (Å²) < 4.78 is 13.3. The van der Waals surface area contributed by atoms with Crippen molar-refractivity contribution in [3.63, 3.8) is 0 Å². The third-order valence-corrected chi connectivity index (χ3v) is 5.32. The molecule has 0 aromatic heterocycles. The molecule has 0 unspecified atom stereocenters. The summed E-state index contributed by atoms with van der Waals surface area (Å²) in [5, 5.41) is 0. The summed E-state index contributed by atoms with van der Waals surface area (Å²) in [6.07, 6.45) is 2.56. The van der Waals surface area contributed by atoms with E-state index in [0.29, 0.717) is 18.7 Å². The maximum absolute atomic E-state index is 13.3. The summed E-state index contributed by atoms with van der Waals surface area (Å²) in [7, 11) is 0. The predicted molar refractivity (Wildman–Crippen MR) is 102 cm³/mol. The molecule has 2 aromatic carbocycles. The average molecular weight is 353 g/mol. The van der Waals surface area contributed by atoms with Crippen molar-refractivity contribution in [1.29, 1.82) is 0 Å². The van der Waals surface area contributed by atoms with Crippen LogP contribution in [0.25, 0.3) is 0 Å². The Labute approximate surface area is 153 Å². The van der Waals surface area contributed by atoms with Crippen molar-refractivity contribution >= 4 is 17.3 Å². The number of anilines is 2. The van der Waals surface area contributed by atoms with Gasteiger partial charge in [-0.25, -0.2) is 4.39 Å². The Balaban J connectivity index is 1.36. The lowest BCUT2D eigenvalue weighted by Gasteiger charge is -2.36. The van der Waals surface area contributed by atoms with E-state index in [-0.39, 0.29) is 11.7 Å². The van der Waals surface area contributed by atoms with Gasteiger partial charge >= 0.3 is 0 Å². The Morgan fingerprint density at radius 3 is 1.92 bits per heavy atom. The fourth-order valence-electron chi connectivity index (χ4n) is 3.82. The molecule has 2 aliphatic rings. The zero-order valence-electron chi connectivity index (χ0n) is 14.9. The monoisotopic (exact) mass is 353 g/mol. The average Bonchev–Trinajstić information content (AvgIpc) is 3.23. The highest BCUT2D eigenvalue weighted by Gasteiger charge is 2.22. The van der Waals surface area contributed by atoms with Gasteiger partial charge in [-0.2, -0.15) is 0 Å². The Hall–Kier alpha value is -2.56. The highest BCUT2D eigenvalue weighted by Crippen LogP contribution is 2.24. The van der Waals surface area contributed by atoms with Crippen molar-refractivity contribution in [1.82, 2.24) is 4.90 Å². The van der Waals surface area contributed by atoms with Crippen LogP contribution in [-0.2, 0) is 0 Å². The number of piperazine rings is 1. The topological polar surface area (TPSA) is 26.8 Å². The quantitative estimate of drug-likeness (QED) is 0.846. The molecule has 0 N–H and O–H groups in total. The van der Waals surface area contributed by atoms with Crippen molar-refractivity contribution in [3.05, 3.63) is 59.9 Å². The van der Waals surface area contributed by atoms with Crippen LogP contribution in [0.4, 0.5) is 15.8 Å². The van der Waals surface area contributed by atoms with Crippen LogP contribution in [0.15, 0.2) is 48.5 Å². The summed E-state index contributed by atoms with van der Waals surface area (Å²) in [6, 6.07) is 14.7. The summed E-state index contributed by atoms with van der Waals surface area (Å²) >= 11 is 0. The first kappa shape index (κ1) is 16.9. The number of rotatable bonds is 3. The van der Waals surface area contributed by atoms with Gasteiger partial charge in [0, 0.05) is 56.2 Å². The molecule has 0 bridgehead atoms. The first-order valence-corrected chi connectivity index (χ1v) is 9.35. The second kappa shape index (κ2) is 7.36. The van der Waals surface area contributed by atoms with Crippen LogP contribution in [0, 0.1) is 5.82 Å². The first-order chi connectivity index (χ1) is 12.7. The van der Waals surface area contributed by atoms with Crippen LogP contribution in [0.3, 0.4) is 0 Å². The van der Waals surface area contributed by atoms with Crippen LogP contribution in [0.1, 0.15) is 23.2 Å². The van der Waals surface area contributed by atoms with Crippen LogP contribution >= 0.6 is 0 Å². The minimum Gasteiger partial charge on any atom is -0.372 e. The highest BCUT2D eigenvalue weighted by atomic mass is 19.1. The fourth-order valence-corrected chi connectivity index (χ4v) is 3.82. The van der Waals surface area contributed by atoms with E-state index in [9.17, 15) is 9.18 Å². The molecule has 0 radical (unpaired) electrons. The number of carbonyl (C=O) groups excluding carboxylic acids is 1. The van der Waals surface area contributed by atoms with Gasteiger partial charge in [0.2, 0.25) is 0 Å². The van der Waals surface area contributed by atoms with Crippen LogP contribution in [0.2, 0.25) is 0 Å². The van der Waals surface area contributed by atoms with E-state index in [1.54, 1.807) is 12.1 Å². The number of halogens is 1. The molecule has 136 valence electrons. The lowest BCUT2D eigenvalue weighted by atomic mass is 10.1. The number of amides is 1. The number of benzene rings is 2. The molecular weight excluding hydrogens is 329 g/mol. The van der Waals surface area contributed by atoms with Gasteiger partial charge in [0.15, 0.2) is 0 Å². The minimum atomic E-state index is -0.368. The van der Waals surface area contributed by atoms with E-state index < -0.39 is 0 Å². The fraction of sp³-hybridized carbons (Fsp3) is 0.381. The summed E-state index contributed by atoms with van der Waals surface area (Å²) in [5.74, 6) is -0.457. The molecule has 1 amide bonds. The van der Waals surface area contributed by atoms with E-state index in [1.165, 1.54) is 36.3 Å². The van der Waals surface area contributed by atoms with E-state index in [2.05, 4.69) is 34.1 Å². The van der Waals surface area contributed by atoms with E-state index in [1.807, 2.05) is 4.90 Å². The molecule has 2 fully saturated rings. The number of hydrogen-bond acceptors (Lipinski definition) is 3. The minimum absolute atomic E-state index is 0.0893. The summed E-state index contributed by atoms with van der Waals surface area (Å²) in [6.45, 7) is 5.21. The van der Waals surface area contributed by atoms with Gasteiger partial charge in [-0.1, -0.05) is 6.07 Å². The second-order valence-corrected chi connectivity index (χ2v) is 7.00. The van der Waals surface area contributed by atoms with Crippen molar-refractivity contribution in [2.45, 2.75) is 12.8 Å². The van der Waals surface area contributed by atoms with Crippen molar-refractivity contribution in [3.8, 4) is 0 Å². The number of nitrogens with zero attached hydrogens (tertiary/aromatic N) is 3. The van der Waals surface area contributed by atoms with Gasteiger partial charge in [-0.05, 0) is 55.3 Å². The summed E-state index contributed by atoms with van der Waals surface area (Å²) in [5.41, 5.74) is 2.92. The van der Waals surface area contributed by atoms with E-state index in [0.717, 1.165) is 26.2 Å². The smallest absolute Gasteiger partial charge is 0.254 e. The van der Waals surface area contributed by atoms with Crippen LogP contribution in [-0.4, -0.2) is 50.1 Å². The van der Waals surface area contributed by atoms with Crippen LogP contribution < -0.4 is 9.80 Å². The van der Waals surface area contributed by atoms with Gasteiger partial charge in [0.25, 0.3) is 5.91 Å². The molecule has 0 saturated carbocycles. The molecular formula is C21H24FN3O. The zero-order valence-corrected chi connectivity index (χ0v) is 14.9. The van der Waals surface area contributed by atoms with Crippen molar-refractivity contribution in [2.24, 2.45) is 0 Å². The molecule has 0 atom stereocenters. The first-order valence-electron chi connectivity index (χ1n) is 9.35. The van der Waals surface area contributed by atoms with Gasteiger partial charge in [0.05, 0.1) is 0 Å². The maximum atomic E-state index is 13.3. The van der Waals surface area contributed by atoms with Crippen LogP contribution in [0.5, 0.6) is 0 Å². The molecule has 5 heteroatoms. The lowest BCUT2D eigenvalue weighted by molar-refractivity contribution is 0.0746. The molecule has 2 aromatic rings. The highest BCUT2D eigenvalue weighted by molar-refractivity contribution is 5.94. The standard InChI is InChI=1S/C21H24FN3O/c22-18-5-3-4-17(16-18)21(26)25-14-12-24(13-15-25)20-8-6-19(7-9-20)23-10-1-2-11-23/h3-9,16H,1-2,10-15H2. The Bertz CT molecular complexity index is 763. The third-order valence-electron chi connectivity index (χ3n) is 5.32. The second-order valence-electron chi connectivity index (χ2n) is 7.00. The molecule has 2 saturated heterocycles. The largest absolute Gasteiger partial charge is 0.372 e. The van der Waals surface area contributed by atoms with Gasteiger partial charge in [0.1, 0.15) is 5.82 Å². The van der Waals surface area contributed by atoms with Gasteiger partial charge in [-0.3, -0.25) is 4.79 Å². The van der Waals surface area contributed by atoms with E-state index >= 15 is 0 Å². The Kier molecular flexibility index (Phi) is 4.78. The van der Waals surface area contributed by atoms with Gasteiger partial charge in [-0.15, -0.1) is 0 Å². The number of carbonyl (C=O) groups is 1. The molecule has 2 aliphatic heterocycles. The molecule has 0 aliphatic carbocycles. The normalized spacial score (nSPS) is 17.7.